The average Bonchev–Trinajstić information content (AvgIpc) is 2.64. The topological polar surface area (TPSA) is 63.7 Å². The van der Waals surface area contributed by atoms with Gasteiger partial charge in [0.15, 0.2) is 5.82 Å². The second kappa shape index (κ2) is 7.27. The van der Waals surface area contributed by atoms with E-state index in [1.54, 1.807) is 12.0 Å². The molecule has 126 valence electrons. The molecule has 7 heteroatoms. The summed E-state index contributed by atoms with van der Waals surface area (Å²) in [6.07, 6.45) is 2.24. The number of nitrogens with zero attached hydrogens (tertiary/aromatic N) is 2. The fourth-order valence-corrected chi connectivity index (χ4v) is 2.55. The van der Waals surface area contributed by atoms with Crippen molar-refractivity contribution < 1.29 is 18.7 Å². The Labute approximate surface area is 139 Å². The molecule has 6 nitrogen and oxygen atoms in total. The molecule has 1 aliphatic rings. The molecule has 1 fully saturated rings. The van der Waals surface area contributed by atoms with Crippen LogP contribution in [0.3, 0.4) is 0 Å². The molecular weight excluding hydrogens is 313 g/mol. The number of benzene rings is 1. The van der Waals surface area contributed by atoms with Crippen molar-refractivity contribution in [3.63, 3.8) is 0 Å². The first-order valence-electron chi connectivity index (χ1n) is 7.58. The highest BCUT2D eigenvalue weighted by Crippen LogP contribution is 2.25. The maximum Gasteiger partial charge on any atom is 0.322 e. The van der Waals surface area contributed by atoms with Crippen LogP contribution in [0.4, 0.5) is 14.9 Å². The van der Waals surface area contributed by atoms with Crippen molar-refractivity contribution in [2.75, 3.05) is 32.1 Å². The van der Waals surface area contributed by atoms with E-state index >= 15 is 0 Å². The van der Waals surface area contributed by atoms with Gasteiger partial charge >= 0.3 is 6.03 Å². The van der Waals surface area contributed by atoms with Crippen molar-refractivity contribution >= 4 is 11.7 Å². The minimum Gasteiger partial charge on any atom is -0.497 e. The summed E-state index contributed by atoms with van der Waals surface area (Å²) in [5.74, 6) is 0.167. The first kappa shape index (κ1) is 16.2. The van der Waals surface area contributed by atoms with E-state index in [1.165, 1.54) is 12.3 Å². The first-order valence-corrected chi connectivity index (χ1v) is 7.58. The zero-order valence-electron chi connectivity index (χ0n) is 13.2. The summed E-state index contributed by atoms with van der Waals surface area (Å²) in [5, 5.41) is 2.57. The van der Waals surface area contributed by atoms with E-state index in [9.17, 15) is 9.18 Å². The molecule has 2 aromatic rings. The number of hydrogen-bond donors (Lipinski definition) is 1. The van der Waals surface area contributed by atoms with Crippen LogP contribution < -0.4 is 10.1 Å². The quantitative estimate of drug-likeness (QED) is 0.939. The number of rotatable bonds is 3. The van der Waals surface area contributed by atoms with Gasteiger partial charge in [-0.1, -0.05) is 12.1 Å². The molecule has 1 atom stereocenters. The summed E-state index contributed by atoms with van der Waals surface area (Å²) in [6, 6.07) is 8.60. The molecule has 0 unspecified atom stereocenters. The number of morpholine rings is 1. The fourth-order valence-electron chi connectivity index (χ4n) is 2.55. The van der Waals surface area contributed by atoms with Gasteiger partial charge in [-0.05, 0) is 23.8 Å². The van der Waals surface area contributed by atoms with Gasteiger partial charge in [0, 0.05) is 12.7 Å². The maximum absolute atomic E-state index is 13.6. The van der Waals surface area contributed by atoms with Crippen molar-refractivity contribution in [2.45, 2.75) is 6.10 Å². The van der Waals surface area contributed by atoms with Gasteiger partial charge in [-0.25, -0.2) is 9.18 Å². The Kier molecular flexibility index (Phi) is 4.90. The van der Waals surface area contributed by atoms with Crippen LogP contribution in [0, 0.1) is 5.82 Å². The van der Waals surface area contributed by atoms with E-state index in [0.29, 0.717) is 19.7 Å². The number of aromatic nitrogens is 1. The largest absolute Gasteiger partial charge is 0.497 e. The van der Waals surface area contributed by atoms with E-state index < -0.39 is 5.82 Å². The molecule has 2 heterocycles. The van der Waals surface area contributed by atoms with Crippen LogP contribution in [-0.4, -0.2) is 42.7 Å². The zero-order valence-corrected chi connectivity index (χ0v) is 13.2. The summed E-state index contributed by atoms with van der Waals surface area (Å²) in [4.78, 5) is 17.6. The number of nitrogens with one attached hydrogen (secondary N) is 1. The summed E-state index contributed by atoms with van der Waals surface area (Å²) in [6.45, 7) is 1.23. The lowest BCUT2D eigenvalue weighted by Crippen LogP contribution is -2.44. The average molecular weight is 331 g/mol. The van der Waals surface area contributed by atoms with E-state index in [4.69, 9.17) is 9.47 Å². The van der Waals surface area contributed by atoms with Gasteiger partial charge in [0.25, 0.3) is 0 Å². The number of carbonyl (C=O) groups is 1. The number of hydrogen-bond acceptors (Lipinski definition) is 4. The van der Waals surface area contributed by atoms with Crippen molar-refractivity contribution in [3.05, 3.63) is 54.1 Å². The van der Waals surface area contributed by atoms with E-state index in [-0.39, 0.29) is 17.8 Å². The Morgan fingerprint density at radius 1 is 1.46 bits per heavy atom. The normalized spacial score (nSPS) is 17.4. The molecule has 1 aromatic heterocycles. The second-order valence-electron chi connectivity index (χ2n) is 5.37. The molecule has 2 amide bonds. The molecule has 1 N–H and O–H groups in total. The molecule has 0 radical (unpaired) electrons. The summed E-state index contributed by atoms with van der Waals surface area (Å²) >= 11 is 0. The minimum atomic E-state index is -0.566. The standard InChI is InChI=1S/C17H18FN3O3/c1-23-13-4-2-3-12(9-13)16-11-21(7-8-24-16)17(22)20-15-5-6-19-10-14(15)18/h2-6,9-10,16H,7-8,11H2,1H3,(H,19,20,22)/t16-/m0/s1. The number of ether oxygens (including phenoxy) is 2. The van der Waals surface area contributed by atoms with Crippen LogP contribution in [0.15, 0.2) is 42.7 Å². The van der Waals surface area contributed by atoms with Gasteiger partial charge < -0.3 is 19.7 Å². The van der Waals surface area contributed by atoms with E-state index in [1.807, 2.05) is 24.3 Å². The number of carbonyl (C=O) groups excluding carboxylic acids is 1. The monoisotopic (exact) mass is 331 g/mol. The molecule has 0 saturated carbocycles. The van der Waals surface area contributed by atoms with Crippen LogP contribution in [0.1, 0.15) is 11.7 Å². The number of halogens is 1. The lowest BCUT2D eigenvalue weighted by Gasteiger charge is -2.33. The fraction of sp³-hybridized carbons (Fsp3) is 0.294. The minimum absolute atomic E-state index is 0.111. The van der Waals surface area contributed by atoms with Gasteiger partial charge in [0.1, 0.15) is 11.9 Å². The number of anilines is 1. The molecule has 0 bridgehead atoms. The molecule has 3 rings (SSSR count). The Morgan fingerprint density at radius 3 is 3.12 bits per heavy atom. The highest BCUT2D eigenvalue weighted by atomic mass is 19.1. The number of methoxy groups -OCH3 is 1. The third-order valence-electron chi connectivity index (χ3n) is 3.83. The van der Waals surface area contributed by atoms with Gasteiger partial charge in [-0.2, -0.15) is 0 Å². The van der Waals surface area contributed by atoms with Crippen LogP contribution >= 0.6 is 0 Å². The van der Waals surface area contributed by atoms with Crippen LogP contribution in [0.5, 0.6) is 5.75 Å². The van der Waals surface area contributed by atoms with E-state index in [2.05, 4.69) is 10.3 Å². The highest BCUT2D eigenvalue weighted by molar-refractivity contribution is 5.89. The molecule has 24 heavy (non-hydrogen) atoms. The Morgan fingerprint density at radius 2 is 2.33 bits per heavy atom. The van der Waals surface area contributed by atoms with Gasteiger partial charge in [-0.15, -0.1) is 0 Å². The molecule has 0 spiro atoms. The summed E-state index contributed by atoms with van der Waals surface area (Å²) in [5.41, 5.74) is 1.04. The smallest absolute Gasteiger partial charge is 0.322 e. The number of amides is 2. The van der Waals surface area contributed by atoms with Crippen LogP contribution in [-0.2, 0) is 4.74 Å². The molecule has 1 saturated heterocycles. The van der Waals surface area contributed by atoms with Gasteiger partial charge in [-0.3, -0.25) is 4.98 Å². The second-order valence-corrected chi connectivity index (χ2v) is 5.37. The Bertz CT molecular complexity index is 726. The summed E-state index contributed by atoms with van der Waals surface area (Å²) < 4.78 is 24.6. The van der Waals surface area contributed by atoms with Gasteiger partial charge in [0.05, 0.1) is 32.1 Å². The van der Waals surface area contributed by atoms with Crippen LogP contribution in [0.25, 0.3) is 0 Å². The van der Waals surface area contributed by atoms with Crippen LogP contribution in [0.2, 0.25) is 0 Å². The van der Waals surface area contributed by atoms with Crippen molar-refractivity contribution in [1.29, 1.82) is 0 Å². The SMILES string of the molecule is COc1cccc([C@@H]2CN(C(=O)Nc3ccncc3F)CCO2)c1. The molecule has 1 aromatic carbocycles. The summed E-state index contributed by atoms with van der Waals surface area (Å²) in [7, 11) is 1.60. The third kappa shape index (κ3) is 3.62. The Balaban J connectivity index is 1.68. The van der Waals surface area contributed by atoms with Gasteiger partial charge in [0.2, 0.25) is 0 Å². The van der Waals surface area contributed by atoms with Crippen molar-refractivity contribution in [2.24, 2.45) is 0 Å². The zero-order chi connectivity index (χ0) is 16.9. The predicted molar refractivity (Wildman–Crippen MR) is 86.5 cm³/mol. The molecule has 0 aliphatic carbocycles. The number of urea groups is 1. The molecular formula is C17H18FN3O3. The van der Waals surface area contributed by atoms with Crippen molar-refractivity contribution in [1.82, 2.24) is 9.88 Å². The third-order valence-corrected chi connectivity index (χ3v) is 3.83. The lowest BCUT2D eigenvalue weighted by molar-refractivity contribution is -0.0135. The highest BCUT2D eigenvalue weighted by Gasteiger charge is 2.26. The number of pyridine rings is 1. The molecule has 1 aliphatic heterocycles. The lowest BCUT2D eigenvalue weighted by atomic mass is 10.1. The van der Waals surface area contributed by atoms with E-state index in [0.717, 1.165) is 17.5 Å². The predicted octanol–water partition coefficient (Wildman–Crippen LogP) is 2.83. The van der Waals surface area contributed by atoms with Crippen molar-refractivity contribution in [3.8, 4) is 5.75 Å². The first-order chi connectivity index (χ1) is 11.7. The Hall–Kier alpha value is -2.67. The maximum atomic E-state index is 13.6.